The van der Waals surface area contributed by atoms with Gasteiger partial charge in [-0.3, -0.25) is 4.79 Å². The van der Waals surface area contributed by atoms with Crippen molar-refractivity contribution in [3.8, 4) is 0 Å². The molecular weight excluding hydrogens is 212 g/mol. The molecule has 86 valence electrons. The lowest BCUT2D eigenvalue weighted by atomic mass is 9.82. The van der Waals surface area contributed by atoms with E-state index in [0.717, 1.165) is 6.07 Å². The van der Waals surface area contributed by atoms with Crippen molar-refractivity contribution in [2.45, 2.75) is 19.3 Å². The molecule has 2 atom stereocenters. The van der Waals surface area contributed by atoms with E-state index in [2.05, 4.69) is 5.32 Å². The third-order valence-corrected chi connectivity index (χ3v) is 3.08. The van der Waals surface area contributed by atoms with Gasteiger partial charge in [0.1, 0.15) is 11.6 Å². The molecule has 1 heterocycles. The molecule has 4 heteroatoms. The van der Waals surface area contributed by atoms with Gasteiger partial charge in [-0.05, 0) is 23.5 Å². The van der Waals surface area contributed by atoms with E-state index >= 15 is 0 Å². The van der Waals surface area contributed by atoms with E-state index in [0.29, 0.717) is 12.1 Å². The van der Waals surface area contributed by atoms with Crippen LogP contribution in [0.3, 0.4) is 0 Å². The third kappa shape index (κ3) is 2.05. The summed E-state index contributed by atoms with van der Waals surface area (Å²) in [6.45, 7) is 2.49. The summed E-state index contributed by atoms with van der Waals surface area (Å²) in [5.74, 6) is -1.22. The minimum atomic E-state index is -0.589. The van der Waals surface area contributed by atoms with Gasteiger partial charge in [0.05, 0.1) is 0 Å². The van der Waals surface area contributed by atoms with E-state index in [9.17, 15) is 13.6 Å². The highest BCUT2D eigenvalue weighted by Gasteiger charge is 2.29. The van der Waals surface area contributed by atoms with Gasteiger partial charge < -0.3 is 5.32 Å². The second-order valence-electron chi connectivity index (χ2n) is 4.26. The van der Waals surface area contributed by atoms with Crippen molar-refractivity contribution in [2.75, 3.05) is 6.54 Å². The summed E-state index contributed by atoms with van der Waals surface area (Å²) < 4.78 is 26.3. The quantitative estimate of drug-likeness (QED) is 0.780. The van der Waals surface area contributed by atoms with E-state index in [1.165, 1.54) is 12.1 Å². The molecule has 1 saturated heterocycles. The normalized spacial score (nSPS) is 25.3. The maximum absolute atomic E-state index is 13.6. The highest BCUT2D eigenvalue weighted by molar-refractivity contribution is 5.77. The predicted octanol–water partition coefficient (Wildman–Crippen LogP) is 2.20. The smallest absolute Gasteiger partial charge is 0.220 e. The SMILES string of the molecule is C[C@@H]1CNC(=O)CC1c1ccc(F)cc1F. The first kappa shape index (κ1) is 11.0. The Kier molecular flexibility index (Phi) is 2.90. The fourth-order valence-corrected chi connectivity index (χ4v) is 2.11. The van der Waals surface area contributed by atoms with E-state index < -0.39 is 11.6 Å². The molecule has 16 heavy (non-hydrogen) atoms. The Bertz CT molecular complexity index is 419. The fraction of sp³-hybridized carbons (Fsp3) is 0.417. The van der Waals surface area contributed by atoms with Crippen LogP contribution in [0.4, 0.5) is 8.78 Å². The van der Waals surface area contributed by atoms with Crippen molar-refractivity contribution in [3.05, 3.63) is 35.4 Å². The van der Waals surface area contributed by atoms with Crippen LogP contribution in [0, 0.1) is 17.6 Å². The number of carbonyl (C=O) groups excluding carboxylic acids is 1. The number of rotatable bonds is 1. The van der Waals surface area contributed by atoms with Crippen molar-refractivity contribution >= 4 is 5.91 Å². The summed E-state index contributed by atoms with van der Waals surface area (Å²) in [7, 11) is 0. The number of hydrogen-bond donors (Lipinski definition) is 1. The maximum atomic E-state index is 13.6. The maximum Gasteiger partial charge on any atom is 0.220 e. The largest absolute Gasteiger partial charge is 0.356 e. The molecule has 2 rings (SSSR count). The number of nitrogens with one attached hydrogen (secondary N) is 1. The van der Waals surface area contributed by atoms with Crippen molar-refractivity contribution in [3.63, 3.8) is 0 Å². The Hall–Kier alpha value is -1.45. The fourth-order valence-electron chi connectivity index (χ4n) is 2.11. The first-order chi connectivity index (χ1) is 7.58. The number of amides is 1. The zero-order valence-corrected chi connectivity index (χ0v) is 8.97. The van der Waals surface area contributed by atoms with Crippen LogP contribution >= 0.6 is 0 Å². The van der Waals surface area contributed by atoms with Gasteiger partial charge in [0.2, 0.25) is 5.91 Å². The van der Waals surface area contributed by atoms with Gasteiger partial charge in [-0.15, -0.1) is 0 Å². The first-order valence-corrected chi connectivity index (χ1v) is 5.29. The number of piperidine rings is 1. The summed E-state index contributed by atoms with van der Waals surface area (Å²) >= 11 is 0. The number of hydrogen-bond acceptors (Lipinski definition) is 1. The van der Waals surface area contributed by atoms with E-state index in [1.54, 1.807) is 0 Å². The van der Waals surface area contributed by atoms with Crippen molar-refractivity contribution in [1.29, 1.82) is 0 Å². The molecule has 0 radical (unpaired) electrons. The van der Waals surface area contributed by atoms with Crippen molar-refractivity contribution in [1.82, 2.24) is 5.32 Å². The van der Waals surface area contributed by atoms with Crippen LogP contribution in [0.25, 0.3) is 0 Å². The Balaban J connectivity index is 2.31. The van der Waals surface area contributed by atoms with Crippen molar-refractivity contribution in [2.24, 2.45) is 5.92 Å². The molecule has 1 unspecified atom stereocenters. The second kappa shape index (κ2) is 4.20. The van der Waals surface area contributed by atoms with Crippen LogP contribution in [0.2, 0.25) is 0 Å². The van der Waals surface area contributed by atoms with Gasteiger partial charge in [0.15, 0.2) is 0 Å². The monoisotopic (exact) mass is 225 g/mol. The Morgan fingerprint density at radius 3 is 2.81 bits per heavy atom. The van der Waals surface area contributed by atoms with Gasteiger partial charge in [0, 0.05) is 19.0 Å². The highest BCUT2D eigenvalue weighted by Crippen LogP contribution is 2.32. The van der Waals surface area contributed by atoms with Crippen LogP contribution in [0.1, 0.15) is 24.8 Å². The van der Waals surface area contributed by atoms with Crippen LogP contribution in [0.5, 0.6) is 0 Å². The lowest BCUT2D eigenvalue weighted by Crippen LogP contribution is -2.38. The van der Waals surface area contributed by atoms with E-state index in [1.807, 2.05) is 6.92 Å². The molecule has 1 aromatic rings. The molecule has 2 nitrogen and oxygen atoms in total. The Labute approximate surface area is 92.7 Å². The molecule has 1 amide bonds. The van der Waals surface area contributed by atoms with Gasteiger partial charge in [-0.25, -0.2) is 8.78 Å². The number of benzene rings is 1. The molecule has 0 aliphatic carbocycles. The molecule has 1 aromatic carbocycles. The molecule has 1 aliphatic heterocycles. The van der Waals surface area contributed by atoms with Gasteiger partial charge in [-0.1, -0.05) is 13.0 Å². The molecule has 0 saturated carbocycles. The van der Waals surface area contributed by atoms with Crippen LogP contribution < -0.4 is 5.32 Å². The zero-order valence-electron chi connectivity index (χ0n) is 8.97. The molecule has 1 N–H and O–H groups in total. The topological polar surface area (TPSA) is 29.1 Å². The first-order valence-electron chi connectivity index (χ1n) is 5.29. The van der Waals surface area contributed by atoms with Gasteiger partial charge in [-0.2, -0.15) is 0 Å². The minimum Gasteiger partial charge on any atom is -0.356 e. The standard InChI is InChI=1S/C12H13F2NO/c1-7-6-15-12(16)5-10(7)9-3-2-8(13)4-11(9)14/h2-4,7,10H,5-6H2,1H3,(H,15,16)/t7-,10?/m1/s1. The second-order valence-corrected chi connectivity index (χ2v) is 4.26. The van der Waals surface area contributed by atoms with Crippen molar-refractivity contribution < 1.29 is 13.6 Å². The van der Waals surface area contributed by atoms with E-state index in [4.69, 9.17) is 0 Å². The Morgan fingerprint density at radius 1 is 1.38 bits per heavy atom. The average Bonchev–Trinajstić information content (AvgIpc) is 2.22. The molecular formula is C12H13F2NO. The van der Waals surface area contributed by atoms with Crippen LogP contribution in [-0.4, -0.2) is 12.5 Å². The summed E-state index contributed by atoms with van der Waals surface area (Å²) in [4.78, 5) is 11.3. The molecule has 0 bridgehead atoms. The minimum absolute atomic E-state index is 0.0770. The third-order valence-electron chi connectivity index (χ3n) is 3.08. The Morgan fingerprint density at radius 2 is 2.12 bits per heavy atom. The molecule has 1 aliphatic rings. The highest BCUT2D eigenvalue weighted by atomic mass is 19.1. The number of halogens is 2. The van der Waals surface area contributed by atoms with Crippen LogP contribution in [0.15, 0.2) is 18.2 Å². The molecule has 0 spiro atoms. The lowest BCUT2D eigenvalue weighted by molar-refractivity contribution is -0.123. The van der Waals surface area contributed by atoms with Gasteiger partial charge in [0.25, 0.3) is 0 Å². The molecule has 0 aromatic heterocycles. The zero-order chi connectivity index (χ0) is 11.7. The van der Waals surface area contributed by atoms with Gasteiger partial charge >= 0.3 is 0 Å². The summed E-state index contributed by atoms with van der Waals surface area (Å²) in [6, 6.07) is 3.54. The average molecular weight is 225 g/mol. The summed E-state index contributed by atoms with van der Waals surface area (Å²) in [5.41, 5.74) is 0.434. The number of carbonyl (C=O) groups is 1. The summed E-state index contributed by atoms with van der Waals surface area (Å²) in [5, 5.41) is 2.73. The lowest BCUT2D eigenvalue weighted by Gasteiger charge is -2.29. The predicted molar refractivity (Wildman–Crippen MR) is 55.9 cm³/mol. The van der Waals surface area contributed by atoms with Crippen LogP contribution in [-0.2, 0) is 4.79 Å². The molecule has 1 fully saturated rings. The summed E-state index contributed by atoms with van der Waals surface area (Å²) in [6.07, 6.45) is 0.268. The van der Waals surface area contributed by atoms with E-state index in [-0.39, 0.29) is 24.2 Å².